The zero-order valence-electron chi connectivity index (χ0n) is 8.03. The van der Waals surface area contributed by atoms with Crippen molar-refractivity contribution in [1.29, 1.82) is 0 Å². The van der Waals surface area contributed by atoms with Gasteiger partial charge in [0.1, 0.15) is 0 Å². The van der Waals surface area contributed by atoms with Crippen molar-refractivity contribution in [3.8, 4) is 0 Å². The largest absolute Gasteiger partial charge is 0.276 e. The second kappa shape index (κ2) is 8.26. The Morgan fingerprint density at radius 2 is 1.87 bits per heavy atom. The van der Waals surface area contributed by atoms with Gasteiger partial charge in [0.05, 0.1) is 10.5 Å². The van der Waals surface area contributed by atoms with Gasteiger partial charge in [0, 0.05) is 17.8 Å². The number of hydrogen-bond acceptors (Lipinski definition) is 2. The second-order valence-corrected chi connectivity index (χ2v) is 3.15. The van der Waals surface area contributed by atoms with Crippen molar-refractivity contribution in [2.75, 3.05) is 11.8 Å². The van der Waals surface area contributed by atoms with Gasteiger partial charge in [-0.05, 0) is 6.07 Å². The molecule has 0 saturated heterocycles. The molecule has 0 spiro atoms. The highest BCUT2D eigenvalue weighted by atomic mass is 35.5. The Kier molecular flexibility index (Phi) is 7.68. The van der Waals surface area contributed by atoms with Crippen molar-refractivity contribution >= 4 is 35.0 Å². The van der Waals surface area contributed by atoms with Crippen LogP contribution in [0, 0.1) is 10.1 Å². The maximum absolute atomic E-state index is 10.3. The SMILES string of the molecule is C=Cc1ccccc1[N+](=O)[O-].ClCCCl. The van der Waals surface area contributed by atoms with Crippen molar-refractivity contribution in [3.05, 3.63) is 46.5 Å². The third kappa shape index (κ3) is 5.40. The molecule has 0 heterocycles. The highest BCUT2D eigenvalue weighted by Gasteiger charge is 2.07. The molecular formula is C10H11Cl2NO2. The van der Waals surface area contributed by atoms with Gasteiger partial charge in [-0.2, -0.15) is 0 Å². The van der Waals surface area contributed by atoms with Gasteiger partial charge >= 0.3 is 0 Å². The van der Waals surface area contributed by atoms with Crippen LogP contribution in [0.15, 0.2) is 30.8 Å². The number of benzene rings is 1. The average molecular weight is 248 g/mol. The van der Waals surface area contributed by atoms with E-state index in [1.165, 1.54) is 12.1 Å². The number of nitro groups is 1. The molecule has 1 aromatic rings. The van der Waals surface area contributed by atoms with Crippen molar-refractivity contribution < 1.29 is 4.92 Å². The first-order valence-corrected chi connectivity index (χ1v) is 5.22. The first-order chi connectivity index (χ1) is 7.17. The summed E-state index contributed by atoms with van der Waals surface area (Å²) in [5, 5.41) is 10.3. The number of rotatable bonds is 3. The number of nitrogens with zero attached hydrogens (tertiary/aromatic N) is 1. The Morgan fingerprint density at radius 3 is 2.20 bits per heavy atom. The average Bonchev–Trinajstić information content (AvgIpc) is 2.29. The van der Waals surface area contributed by atoms with E-state index in [1.54, 1.807) is 18.2 Å². The molecule has 0 saturated carbocycles. The summed E-state index contributed by atoms with van der Waals surface area (Å²) >= 11 is 10.1. The predicted molar refractivity (Wildman–Crippen MR) is 64.6 cm³/mol. The molecule has 5 heteroatoms. The molecule has 1 aromatic carbocycles. The van der Waals surface area contributed by atoms with Crippen LogP contribution >= 0.6 is 23.2 Å². The second-order valence-electron chi connectivity index (χ2n) is 2.40. The predicted octanol–water partition coefficient (Wildman–Crippen LogP) is 3.70. The van der Waals surface area contributed by atoms with Crippen LogP contribution in [0.25, 0.3) is 6.08 Å². The third-order valence-corrected chi connectivity index (χ3v) is 2.00. The summed E-state index contributed by atoms with van der Waals surface area (Å²) in [6, 6.07) is 6.48. The Morgan fingerprint density at radius 1 is 1.33 bits per heavy atom. The molecule has 0 aliphatic rings. The van der Waals surface area contributed by atoms with E-state index >= 15 is 0 Å². The molecular weight excluding hydrogens is 237 g/mol. The van der Waals surface area contributed by atoms with Crippen LogP contribution in [0.2, 0.25) is 0 Å². The van der Waals surface area contributed by atoms with Gasteiger partial charge in [0.25, 0.3) is 5.69 Å². The molecule has 0 fully saturated rings. The maximum Gasteiger partial charge on any atom is 0.276 e. The molecule has 0 atom stereocenters. The van der Waals surface area contributed by atoms with E-state index in [1.807, 2.05) is 0 Å². The Balaban J connectivity index is 0.000000423. The Labute approximate surface area is 98.5 Å². The molecule has 15 heavy (non-hydrogen) atoms. The lowest BCUT2D eigenvalue weighted by molar-refractivity contribution is -0.385. The van der Waals surface area contributed by atoms with Crippen molar-refractivity contribution in [2.24, 2.45) is 0 Å². The van der Waals surface area contributed by atoms with Gasteiger partial charge in [0.2, 0.25) is 0 Å². The smallest absolute Gasteiger partial charge is 0.258 e. The fourth-order valence-electron chi connectivity index (χ4n) is 0.826. The van der Waals surface area contributed by atoms with E-state index in [9.17, 15) is 10.1 Å². The lowest BCUT2D eigenvalue weighted by atomic mass is 10.2. The van der Waals surface area contributed by atoms with Gasteiger partial charge in [0.15, 0.2) is 0 Å². The molecule has 82 valence electrons. The lowest BCUT2D eigenvalue weighted by Gasteiger charge is -1.93. The minimum atomic E-state index is -0.420. The van der Waals surface area contributed by atoms with Crippen LogP contribution in [-0.4, -0.2) is 16.7 Å². The minimum Gasteiger partial charge on any atom is -0.258 e. The summed E-state index contributed by atoms with van der Waals surface area (Å²) < 4.78 is 0. The molecule has 0 radical (unpaired) electrons. The van der Waals surface area contributed by atoms with E-state index in [-0.39, 0.29) is 5.69 Å². The van der Waals surface area contributed by atoms with Gasteiger partial charge < -0.3 is 0 Å². The maximum atomic E-state index is 10.3. The molecule has 0 aliphatic carbocycles. The number of hydrogen-bond donors (Lipinski definition) is 0. The van der Waals surface area contributed by atoms with Gasteiger partial charge in [-0.3, -0.25) is 10.1 Å². The zero-order valence-corrected chi connectivity index (χ0v) is 9.54. The van der Waals surface area contributed by atoms with Crippen LogP contribution in [0.5, 0.6) is 0 Å². The summed E-state index contributed by atoms with van der Waals surface area (Å²) in [5.41, 5.74) is 0.653. The van der Waals surface area contributed by atoms with Gasteiger partial charge in [-0.25, -0.2) is 0 Å². The standard InChI is InChI=1S/C8H7NO2.C2H4Cl2/c1-2-7-5-3-4-6-8(7)9(10)11;3-1-2-4/h2-6H,1H2;1-2H2. The minimum absolute atomic E-state index is 0.0995. The highest BCUT2D eigenvalue weighted by Crippen LogP contribution is 2.17. The summed E-state index contributed by atoms with van der Waals surface area (Å²) in [5.74, 6) is 1.11. The summed E-state index contributed by atoms with van der Waals surface area (Å²) in [7, 11) is 0. The highest BCUT2D eigenvalue weighted by molar-refractivity contribution is 6.25. The van der Waals surface area contributed by atoms with Crippen LogP contribution in [0.1, 0.15) is 5.56 Å². The van der Waals surface area contributed by atoms with Crippen LogP contribution in [0.3, 0.4) is 0 Å². The van der Waals surface area contributed by atoms with E-state index in [2.05, 4.69) is 6.58 Å². The number of alkyl halides is 2. The number of halogens is 2. The van der Waals surface area contributed by atoms with E-state index in [0.29, 0.717) is 17.3 Å². The Bertz CT molecular complexity index is 327. The summed E-state index contributed by atoms with van der Waals surface area (Å²) in [4.78, 5) is 9.92. The van der Waals surface area contributed by atoms with E-state index in [0.717, 1.165) is 0 Å². The fraction of sp³-hybridized carbons (Fsp3) is 0.200. The topological polar surface area (TPSA) is 43.1 Å². The van der Waals surface area contributed by atoms with Gasteiger partial charge in [-0.1, -0.05) is 24.8 Å². The first-order valence-electron chi connectivity index (χ1n) is 4.15. The van der Waals surface area contributed by atoms with Crippen molar-refractivity contribution in [2.45, 2.75) is 0 Å². The quantitative estimate of drug-likeness (QED) is 0.465. The number of nitro benzene ring substituents is 1. The molecule has 0 aromatic heterocycles. The molecule has 3 nitrogen and oxygen atoms in total. The fourth-order valence-corrected chi connectivity index (χ4v) is 0.826. The monoisotopic (exact) mass is 247 g/mol. The molecule has 1 rings (SSSR count). The molecule has 0 unspecified atom stereocenters. The molecule has 0 bridgehead atoms. The first kappa shape index (κ1) is 13.9. The lowest BCUT2D eigenvalue weighted by Crippen LogP contribution is -1.89. The van der Waals surface area contributed by atoms with Crippen LogP contribution in [-0.2, 0) is 0 Å². The van der Waals surface area contributed by atoms with E-state index in [4.69, 9.17) is 23.2 Å². The van der Waals surface area contributed by atoms with Gasteiger partial charge in [-0.15, -0.1) is 23.2 Å². The summed E-state index contributed by atoms with van der Waals surface area (Å²) in [6.07, 6.45) is 1.47. The van der Waals surface area contributed by atoms with Crippen LogP contribution < -0.4 is 0 Å². The third-order valence-electron chi connectivity index (χ3n) is 1.42. The summed E-state index contributed by atoms with van der Waals surface area (Å²) in [6.45, 7) is 3.47. The zero-order chi connectivity index (χ0) is 11.7. The van der Waals surface area contributed by atoms with E-state index < -0.39 is 4.92 Å². The van der Waals surface area contributed by atoms with Crippen LogP contribution in [0.4, 0.5) is 5.69 Å². The normalized spacial score (nSPS) is 8.67. The molecule has 0 aliphatic heterocycles. The van der Waals surface area contributed by atoms with Crippen molar-refractivity contribution in [1.82, 2.24) is 0 Å². The molecule has 0 N–H and O–H groups in total. The van der Waals surface area contributed by atoms with Crippen molar-refractivity contribution in [3.63, 3.8) is 0 Å². The number of para-hydroxylation sites is 1. The molecule has 0 amide bonds. The Hall–Kier alpha value is -1.06.